The highest BCUT2D eigenvalue weighted by Gasteiger charge is 2.30. The molecule has 4 nitrogen and oxygen atoms in total. The Labute approximate surface area is 149 Å². The lowest BCUT2D eigenvalue weighted by molar-refractivity contribution is -0.122. The number of methoxy groups -OCH3 is 1. The number of para-hydroxylation sites is 1. The zero-order valence-electron chi connectivity index (χ0n) is 14.9. The van der Waals surface area contributed by atoms with Crippen LogP contribution in [0.25, 0.3) is 0 Å². The predicted octanol–water partition coefficient (Wildman–Crippen LogP) is 3.66. The van der Waals surface area contributed by atoms with Gasteiger partial charge in [-0.15, -0.1) is 0 Å². The summed E-state index contributed by atoms with van der Waals surface area (Å²) in [6.45, 7) is 3.94. The van der Waals surface area contributed by atoms with Crippen molar-refractivity contribution in [3.8, 4) is 5.75 Å². The molecule has 0 aliphatic carbocycles. The van der Waals surface area contributed by atoms with Crippen LogP contribution in [0.2, 0.25) is 0 Å². The Bertz CT molecular complexity index is 701. The second-order valence-corrected chi connectivity index (χ2v) is 6.47. The van der Waals surface area contributed by atoms with E-state index in [1.807, 2.05) is 42.5 Å². The highest BCUT2D eigenvalue weighted by molar-refractivity contribution is 5.88. The van der Waals surface area contributed by atoms with Gasteiger partial charge in [0.25, 0.3) is 0 Å². The molecule has 1 unspecified atom stereocenters. The zero-order valence-corrected chi connectivity index (χ0v) is 14.9. The van der Waals surface area contributed by atoms with Crippen molar-refractivity contribution in [1.82, 2.24) is 0 Å². The Kier molecular flexibility index (Phi) is 5.71. The molecule has 1 saturated heterocycles. The Morgan fingerprint density at radius 1 is 1.24 bits per heavy atom. The number of benzene rings is 2. The van der Waals surface area contributed by atoms with Gasteiger partial charge in [0.1, 0.15) is 11.8 Å². The summed E-state index contributed by atoms with van der Waals surface area (Å²) in [5.41, 5.74) is 2.20. The number of ketones is 1. The molecule has 25 heavy (non-hydrogen) atoms. The topological polar surface area (TPSA) is 38.8 Å². The second-order valence-electron chi connectivity index (χ2n) is 6.47. The van der Waals surface area contributed by atoms with Gasteiger partial charge in [0.05, 0.1) is 20.3 Å². The first-order valence-electron chi connectivity index (χ1n) is 8.75. The first-order valence-corrected chi connectivity index (χ1v) is 8.75. The lowest BCUT2D eigenvalue weighted by Crippen LogP contribution is -2.50. The minimum Gasteiger partial charge on any atom is -0.497 e. The number of hydrogen-bond acceptors (Lipinski definition) is 4. The molecule has 2 atom stereocenters. The quantitative estimate of drug-likeness (QED) is 0.805. The summed E-state index contributed by atoms with van der Waals surface area (Å²) in [7, 11) is 1.66. The van der Waals surface area contributed by atoms with Gasteiger partial charge in [-0.05, 0) is 35.7 Å². The van der Waals surface area contributed by atoms with Crippen molar-refractivity contribution in [2.45, 2.75) is 25.3 Å². The molecule has 1 fully saturated rings. The van der Waals surface area contributed by atoms with Crippen LogP contribution in [-0.4, -0.2) is 38.7 Å². The molecular weight excluding hydrogens is 314 g/mol. The molecule has 3 rings (SSSR count). The van der Waals surface area contributed by atoms with E-state index in [1.54, 1.807) is 7.11 Å². The van der Waals surface area contributed by atoms with Gasteiger partial charge in [-0.1, -0.05) is 37.3 Å². The fourth-order valence-electron chi connectivity index (χ4n) is 3.30. The average molecular weight is 339 g/mol. The van der Waals surface area contributed by atoms with E-state index in [4.69, 9.17) is 9.47 Å². The van der Waals surface area contributed by atoms with Crippen molar-refractivity contribution in [2.75, 3.05) is 31.8 Å². The largest absolute Gasteiger partial charge is 0.497 e. The second kappa shape index (κ2) is 8.17. The maximum absolute atomic E-state index is 13.0. The molecule has 0 spiro atoms. The number of nitrogens with zero attached hydrogens (tertiary/aromatic N) is 1. The van der Waals surface area contributed by atoms with Crippen LogP contribution in [0, 0.1) is 0 Å². The van der Waals surface area contributed by atoms with E-state index in [2.05, 4.69) is 24.0 Å². The Morgan fingerprint density at radius 2 is 2.04 bits per heavy atom. The van der Waals surface area contributed by atoms with Crippen LogP contribution < -0.4 is 9.64 Å². The molecule has 0 amide bonds. The Balaban J connectivity index is 1.72. The van der Waals surface area contributed by atoms with Crippen molar-refractivity contribution in [3.05, 3.63) is 60.2 Å². The molecule has 2 aromatic rings. The van der Waals surface area contributed by atoms with E-state index in [-0.39, 0.29) is 17.7 Å². The number of morpholine rings is 1. The van der Waals surface area contributed by atoms with Crippen molar-refractivity contribution in [2.24, 2.45) is 0 Å². The molecule has 0 bridgehead atoms. The summed E-state index contributed by atoms with van der Waals surface area (Å²) in [4.78, 5) is 15.1. The SMILES string of the molecule is COc1cccc([C@@H](C)CC(=O)C2COCCN2c2ccccc2)c1. The molecule has 1 heterocycles. The number of Topliss-reactive ketones (excluding diaryl/α,β-unsaturated/α-hetero) is 1. The zero-order chi connectivity index (χ0) is 17.6. The van der Waals surface area contributed by atoms with Crippen molar-refractivity contribution >= 4 is 11.5 Å². The van der Waals surface area contributed by atoms with E-state index in [9.17, 15) is 4.79 Å². The summed E-state index contributed by atoms with van der Waals surface area (Å²) in [6.07, 6.45) is 0.491. The van der Waals surface area contributed by atoms with Crippen LogP contribution in [0.4, 0.5) is 5.69 Å². The molecule has 0 radical (unpaired) electrons. The van der Waals surface area contributed by atoms with Crippen LogP contribution in [0.5, 0.6) is 5.75 Å². The molecule has 0 N–H and O–H groups in total. The van der Waals surface area contributed by atoms with E-state index in [0.717, 1.165) is 23.5 Å². The van der Waals surface area contributed by atoms with Gasteiger partial charge in [-0.25, -0.2) is 0 Å². The van der Waals surface area contributed by atoms with Crippen LogP contribution in [0.1, 0.15) is 24.8 Å². The summed E-state index contributed by atoms with van der Waals surface area (Å²) in [5, 5.41) is 0. The molecule has 1 aliphatic rings. The maximum atomic E-state index is 13.0. The van der Waals surface area contributed by atoms with Gasteiger partial charge in [0, 0.05) is 18.7 Å². The van der Waals surface area contributed by atoms with Crippen molar-refractivity contribution in [3.63, 3.8) is 0 Å². The molecule has 2 aromatic carbocycles. The normalized spacial score (nSPS) is 18.6. The fraction of sp³-hybridized carbons (Fsp3) is 0.381. The van der Waals surface area contributed by atoms with Crippen molar-refractivity contribution < 1.29 is 14.3 Å². The number of rotatable bonds is 6. The summed E-state index contributed by atoms with van der Waals surface area (Å²) in [5.74, 6) is 1.18. The fourth-order valence-corrected chi connectivity index (χ4v) is 3.30. The summed E-state index contributed by atoms with van der Waals surface area (Å²) < 4.78 is 10.9. The van der Waals surface area contributed by atoms with Crippen LogP contribution in [0.3, 0.4) is 0 Å². The predicted molar refractivity (Wildman–Crippen MR) is 99.4 cm³/mol. The molecular formula is C21H25NO3. The molecule has 132 valence electrons. The number of carbonyl (C=O) groups is 1. The highest BCUT2D eigenvalue weighted by Crippen LogP contribution is 2.26. The van der Waals surface area contributed by atoms with E-state index in [0.29, 0.717) is 19.6 Å². The molecule has 0 saturated carbocycles. The molecule has 0 aromatic heterocycles. The van der Waals surface area contributed by atoms with E-state index in [1.165, 1.54) is 0 Å². The maximum Gasteiger partial charge on any atom is 0.158 e. The average Bonchev–Trinajstić information content (AvgIpc) is 2.68. The standard InChI is InChI=1S/C21H25NO3/c1-16(17-7-6-10-19(14-17)24-2)13-21(23)20-15-25-12-11-22(20)18-8-4-3-5-9-18/h3-10,14,16,20H,11-13,15H2,1-2H3/t16-,20?/m0/s1. The van der Waals surface area contributed by atoms with Gasteiger partial charge < -0.3 is 14.4 Å². The van der Waals surface area contributed by atoms with Crippen LogP contribution in [-0.2, 0) is 9.53 Å². The first kappa shape index (κ1) is 17.5. The third-order valence-corrected chi connectivity index (χ3v) is 4.76. The van der Waals surface area contributed by atoms with Gasteiger partial charge in [0.15, 0.2) is 5.78 Å². The van der Waals surface area contributed by atoms with E-state index < -0.39 is 0 Å². The molecule has 4 heteroatoms. The van der Waals surface area contributed by atoms with Gasteiger partial charge in [0.2, 0.25) is 0 Å². The number of ether oxygens (including phenoxy) is 2. The van der Waals surface area contributed by atoms with Crippen LogP contribution >= 0.6 is 0 Å². The third kappa shape index (κ3) is 4.20. The van der Waals surface area contributed by atoms with Crippen molar-refractivity contribution in [1.29, 1.82) is 0 Å². The van der Waals surface area contributed by atoms with Gasteiger partial charge in [-0.3, -0.25) is 4.79 Å². The lowest BCUT2D eigenvalue weighted by atomic mass is 9.92. The number of carbonyl (C=O) groups excluding carboxylic acids is 1. The number of anilines is 1. The summed E-state index contributed by atoms with van der Waals surface area (Å²) >= 11 is 0. The smallest absolute Gasteiger partial charge is 0.158 e. The van der Waals surface area contributed by atoms with E-state index >= 15 is 0 Å². The minimum atomic E-state index is -0.218. The number of hydrogen-bond donors (Lipinski definition) is 0. The monoisotopic (exact) mass is 339 g/mol. The Morgan fingerprint density at radius 3 is 2.80 bits per heavy atom. The summed E-state index contributed by atoms with van der Waals surface area (Å²) in [6, 6.07) is 17.8. The van der Waals surface area contributed by atoms with Gasteiger partial charge in [-0.2, -0.15) is 0 Å². The van der Waals surface area contributed by atoms with Crippen LogP contribution in [0.15, 0.2) is 54.6 Å². The highest BCUT2D eigenvalue weighted by atomic mass is 16.5. The third-order valence-electron chi connectivity index (χ3n) is 4.76. The Hall–Kier alpha value is -2.33. The first-order chi connectivity index (χ1) is 12.2. The lowest BCUT2D eigenvalue weighted by Gasteiger charge is -2.36. The van der Waals surface area contributed by atoms with Gasteiger partial charge >= 0.3 is 0 Å². The molecule has 1 aliphatic heterocycles. The minimum absolute atomic E-state index is 0.141.